The standard InChI is InChI=1S/C22H22F2N4O3/c23-17-3-1-2-15(20(17)24)14-4-5-18-16(10-14)21(27-26-18)22(31)25-11-13-6-8-28(9-7-13)12-19(29)30/h1-5,10,13H,6-9,11-12H2,(H,25,31)(H,26,27)(H,29,30). The smallest absolute Gasteiger partial charge is 0.317 e. The number of piperidine rings is 1. The number of halogens is 2. The van der Waals surface area contributed by atoms with Crippen molar-refractivity contribution < 1.29 is 23.5 Å². The molecule has 1 amide bonds. The van der Waals surface area contributed by atoms with Crippen molar-refractivity contribution >= 4 is 22.8 Å². The van der Waals surface area contributed by atoms with Crippen molar-refractivity contribution in [3.8, 4) is 11.1 Å². The maximum absolute atomic E-state index is 14.2. The van der Waals surface area contributed by atoms with Crippen molar-refractivity contribution in [2.24, 2.45) is 5.92 Å². The second kappa shape index (κ2) is 8.81. The van der Waals surface area contributed by atoms with Gasteiger partial charge in [-0.25, -0.2) is 8.78 Å². The van der Waals surface area contributed by atoms with Crippen molar-refractivity contribution in [2.75, 3.05) is 26.2 Å². The molecule has 4 rings (SSSR count). The van der Waals surface area contributed by atoms with Crippen molar-refractivity contribution in [3.05, 3.63) is 53.7 Å². The first-order valence-corrected chi connectivity index (χ1v) is 10.1. The Morgan fingerprint density at radius 2 is 1.97 bits per heavy atom. The van der Waals surface area contributed by atoms with Crippen molar-refractivity contribution in [1.82, 2.24) is 20.4 Å². The van der Waals surface area contributed by atoms with Crippen LogP contribution in [0.5, 0.6) is 0 Å². The third kappa shape index (κ3) is 4.56. The van der Waals surface area contributed by atoms with E-state index in [0.717, 1.165) is 18.9 Å². The van der Waals surface area contributed by atoms with Gasteiger partial charge in [-0.1, -0.05) is 18.2 Å². The van der Waals surface area contributed by atoms with Gasteiger partial charge in [-0.3, -0.25) is 19.6 Å². The molecule has 0 saturated carbocycles. The molecule has 1 saturated heterocycles. The fourth-order valence-corrected chi connectivity index (χ4v) is 3.94. The second-order valence-electron chi connectivity index (χ2n) is 7.76. The van der Waals surface area contributed by atoms with E-state index in [1.165, 1.54) is 12.1 Å². The molecular weight excluding hydrogens is 406 g/mol. The van der Waals surface area contributed by atoms with Gasteiger partial charge in [0.1, 0.15) is 0 Å². The highest BCUT2D eigenvalue weighted by Gasteiger charge is 2.22. The molecule has 0 spiro atoms. The first-order valence-electron chi connectivity index (χ1n) is 10.1. The molecule has 0 radical (unpaired) electrons. The number of rotatable bonds is 6. The second-order valence-corrected chi connectivity index (χ2v) is 7.76. The summed E-state index contributed by atoms with van der Waals surface area (Å²) in [5.74, 6) is -2.80. The Hall–Kier alpha value is -3.33. The summed E-state index contributed by atoms with van der Waals surface area (Å²) in [7, 11) is 0. The Kier molecular flexibility index (Phi) is 5.94. The van der Waals surface area contributed by atoms with E-state index in [2.05, 4.69) is 15.5 Å². The highest BCUT2D eigenvalue weighted by molar-refractivity contribution is 6.05. The first-order chi connectivity index (χ1) is 14.9. The van der Waals surface area contributed by atoms with E-state index in [1.54, 1.807) is 18.2 Å². The quantitative estimate of drug-likeness (QED) is 0.561. The van der Waals surface area contributed by atoms with Crippen LogP contribution in [0.1, 0.15) is 23.3 Å². The third-order valence-corrected chi connectivity index (χ3v) is 5.66. The van der Waals surface area contributed by atoms with Crippen LogP contribution in [0.15, 0.2) is 36.4 Å². The summed E-state index contributed by atoms with van der Waals surface area (Å²) in [5.41, 5.74) is 1.37. The Bertz CT molecular complexity index is 1120. The molecule has 1 fully saturated rings. The lowest BCUT2D eigenvalue weighted by Crippen LogP contribution is -2.40. The van der Waals surface area contributed by atoms with Gasteiger partial charge >= 0.3 is 5.97 Å². The number of aliphatic carboxylic acids is 1. The van der Waals surface area contributed by atoms with Gasteiger partial charge in [0.05, 0.1) is 12.1 Å². The number of hydrogen-bond acceptors (Lipinski definition) is 4. The maximum atomic E-state index is 14.2. The lowest BCUT2D eigenvalue weighted by atomic mass is 9.96. The summed E-state index contributed by atoms with van der Waals surface area (Å²) in [6, 6.07) is 8.91. The minimum absolute atomic E-state index is 0.0343. The molecule has 2 aromatic carbocycles. The van der Waals surface area contributed by atoms with Crippen LogP contribution in [-0.4, -0.2) is 58.3 Å². The average Bonchev–Trinajstić information content (AvgIpc) is 3.18. The van der Waals surface area contributed by atoms with Gasteiger partial charge in [-0.2, -0.15) is 5.10 Å². The van der Waals surface area contributed by atoms with Gasteiger partial charge in [0, 0.05) is 17.5 Å². The van der Waals surface area contributed by atoms with Crippen molar-refractivity contribution in [3.63, 3.8) is 0 Å². The van der Waals surface area contributed by atoms with Crippen LogP contribution >= 0.6 is 0 Å². The molecule has 1 aliphatic rings. The molecule has 9 heteroatoms. The van der Waals surface area contributed by atoms with E-state index in [9.17, 15) is 18.4 Å². The number of carbonyl (C=O) groups excluding carboxylic acids is 1. The van der Waals surface area contributed by atoms with Crippen LogP contribution in [-0.2, 0) is 4.79 Å². The largest absolute Gasteiger partial charge is 0.480 e. The number of carboxylic acid groups (broad SMARTS) is 1. The van der Waals surface area contributed by atoms with E-state index >= 15 is 0 Å². The van der Waals surface area contributed by atoms with Crippen LogP contribution in [0.3, 0.4) is 0 Å². The van der Waals surface area contributed by atoms with Crippen LogP contribution in [0.4, 0.5) is 8.78 Å². The van der Waals surface area contributed by atoms with Crippen molar-refractivity contribution in [2.45, 2.75) is 12.8 Å². The number of nitrogens with zero attached hydrogens (tertiary/aromatic N) is 2. The predicted molar refractivity (Wildman–Crippen MR) is 111 cm³/mol. The Balaban J connectivity index is 1.45. The molecule has 0 bridgehead atoms. The van der Waals surface area contributed by atoms with E-state index in [4.69, 9.17) is 5.11 Å². The summed E-state index contributed by atoms with van der Waals surface area (Å²) < 4.78 is 27.8. The van der Waals surface area contributed by atoms with Crippen LogP contribution < -0.4 is 5.32 Å². The normalized spacial score (nSPS) is 15.3. The SMILES string of the molecule is O=C(O)CN1CCC(CNC(=O)c2n[nH]c3ccc(-c4cccc(F)c4F)cc23)CC1. The molecule has 1 aromatic heterocycles. The lowest BCUT2D eigenvalue weighted by Gasteiger charge is -2.30. The van der Waals surface area contributed by atoms with E-state index in [-0.39, 0.29) is 29.6 Å². The molecule has 1 aliphatic heterocycles. The molecule has 31 heavy (non-hydrogen) atoms. The zero-order valence-corrected chi connectivity index (χ0v) is 16.7. The molecule has 2 heterocycles. The van der Waals surface area contributed by atoms with E-state index in [1.807, 2.05) is 4.90 Å². The van der Waals surface area contributed by atoms with Crippen LogP contribution in [0.2, 0.25) is 0 Å². The third-order valence-electron chi connectivity index (χ3n) is 5.66. The molecule has 162 valence electrons. The van der Waals surface area contributed by atoms with Gasteiger partial charge in [-0.15, -0.1) is 0 Å². The van der Waals surface area contributed by atoms with E-state index in [0.29, 0.717) is 36.1 Å². The Labute approximate surface area is 177 Å². The molecule has 0 atom stereocenters. The monoisotopic (exact) mass is 428 g/mol. The molecular formula is C22H22F2N4O3. The number of H-pyrrole nitrogens is 1. The fraction of sp³-hybridized carbons (Fsp3) is 0.318. The summed E-state index contributed by atoms with van der Waals surface area (Å²) >= 11 is 0. The van der Waals surface area contributed by atoms with Gasteiger partial charge in [0.25, 0.3) is 5.91 Å². The first kappa shape index (κ1) is 20.9. The molecule has 0 aliphatic carbocycles. The minimum Gasteiger partial charge on any atom is -0.480 e. The Morgan fingerprint density at radius 1 is 1.19 bits per heavy atom. The number of aromatic amines is 1. The number of hydrogen-bond donors (Lipinski definition) is 3. The number of carboxylic acids is 1. The Morgan fingerprint density at radius 3 is 2.71 bits per heavy atom. The topological polar surface area (TPSA) is 98.3 Å². The molecule has 7 nitrogen and oxygen atoms in total. The number of fused-ring (bicyclic) bond motifs is 1. The van der Waals surface area contributed by atoms with Gasteiger partial charge in [-0.05, 0) is 55.6 Å². The number of amides is 1. The fourth-order valence-electron chi connectivity index (χ4n) is 3.94. The summed E-state index contributed by atoms with van der Waals surface area (Å²) in [6.07, 6.45) is 1.61. The minimum atomic E-state index is -0.939. The molecule has 0 unspecified atom stereocenters. The number of nitrogens with one attached hydrogen (secondary N) is 2. The van der Waals surface area contributed by atoms with Gasteiger partial charge in [0.2, 0.25) is 0 Å². The van der Waals surface area contributed by atoms with Crippen molar-refractivity contribution in [1.29, 1.82) is 0 Å². The van der Waals surface area contributed by atoms with Crippen LogP contribution in [0.25, 0.3) is 22.0 Å². The number of benzene rings is 2. The number of carbonyl (C=O) groups is 2. The average molecular weight is 428 g/mol. The lowest BCUT2D eigenvalue weighted by molar-refractivity contribution is -0.138. The maximum Gasteiger partial charge on any atom is 0.317 e. The highest BCUT2D eigenvalue weighted by Crippen LogP contribution is 2.28. The van der Waals surface area contributed by atoms with Gasteiger partial charge in [0.15, 0.2) is 17.3 Å². The van der Waals surface area contributed by atoms with Crippen LogP contribution in [0, 0.1) is 17.6 Å². The predicted octanol–water partition coefficient (Wildman–Crippen LogP) is 3.03. The molecule has 3 N–H and O–H groups in total. The number of aromatic nitrogens is 2. The van der Waals surface area contributed by atoms with Gasteiger partial charge < -0.3 is 10.4 Å². The van der Waals surface area contributed by atoms with E-state index < -0.39 is 17.6 Å². The summed E-state index contributed by atoms with van der Waals surface area (Å²) in [6.45, 7) is 1.86. The zero-order chi connectivity index (χ0) is 22.0. The summed E-state index contributed by atoms with van der Waals surface area (Å²) in [5, 5.41) is 19.2. The zero-order valence-electron chi connectivity index (χ0n) is 16.7. The number of likely N-dealkylation sites (tertiary alicyclic amines) is 1. The molecule has 3 aromatic rings. The highest BCUT2D eigenvalue weighted by atomic mass is 19.2. The summed E-state index contributed by atoms with van der Waals surface area (Å²) in [4.78, 5) is 25.4.